The molecular weight excluding hydrogens is 231 g/mol. The predicted octanol–water partition coefficient (Wildman–Crippen LogP) is 2.59. The number of nitrogens with one attached hydrogen (secondary N) is 1. The maximum absolute atomic E-state index is 13.3. The zero-order valence-electron chi connectivity index (χ0n) is 10.8. The van der Waals surface area contributed by atoms with E-state index < -0.39 is 5.54 Å². The lowest BCUT2D eigenvalue weighted by molar-refractivity contribution is -0.122. The van der Waals surface area contributed by atoms with Gasteiger partial charge < -0.3 is 11.1 Å². The minimum Gasteiger partial charge on any atom is -0.371 e. The number of aryl methyl sites for hydroxylation is 1. The van der Waals surface area contributed by atoms with Gasteiger partial charge in [-0.05, 0) is 55.9 Å². The molecule has 0 saturated heterocycles. The Hall–Kier alpha value is -1.58. The van der Waals surface area contributed by atoms with E-state index in [0.29, 0.717) is 24.4 Å². The van der Waals surface area contributed by atoms with Gasteiger partial charge in [0, 0.05) is 5.69 Å². The van der Waals surface area contributed by atoms with Crippen molar-refractivity contribution in [1.29, 1.82) is 0 Å². The highest BCUT2D eigenvalue weighted by Gasteiger charge is 2.42. The number of halogens is 1. The standard InChI is InChI=1S/C14H19FN2O/c1-9-3-4-14(8-9,13(16)18)17-12-6-10(2)5-11(15)7-12/h5-7,9,17H,3-4,8H2,1-2H3,(H2,16,18). The largest absolute Gasteiger partial charge is 0.371 e. The third-order valence-corrected chi connectivity index (χ3v) is 3.66. The van der Waals surface area contributed by atoms with Crippen LogP contribution < -0.4 is 11.1 Å². The summed E-state index contributed by atoms with van der Waals surface area (Å²) in [5, 5.41) is 3.15. The van der Waals surface area contributed by atoms with Crippen molar-refractivity contribution in [3.8, 4) is 0 Å². The summed E-state index contributed by atoms with van der Waals surface area (Å²) in [6.07, 6.45) is 2.38. The average molecular weight is 250 g/mol. The summed E-state index contributed by atoms with van der Waals surface area (Å²) in [7, 11) is 0. The second kappa shape index (κ2) is 4.59. The van der Waals surface area contributed by atoms with Crippen molar-refractivity contribution in [2.24, 2.45) is 11.7 Å². The monoisotopic (exact) mass is 250 g/mol. The van der Waals surface area contributed by atoms with Gasteiger partial charge in [-0.2, -0.15) is 0 Å². The van der Waals surface area contributed by atoms with Crippen molar-refractivity contribution in [2.75, 3.05) is 5.32 Å². The molecule has 0 aliphatic heterocycles. The van der Waals surface area contributed by atoms with Crippen LogP contribution >= 0.6 is 0 Å². The zero-order chi connectivity index (χ0) is 13.3. The van der Waals surface area contributed by atoms with E-state index in [0.717, 1.165) is 12.0 Å². The van der Waals surface area contributed by atoms with E-state index in [2.05, 4.69) is 12.2 Å². The van der Waals surface area contributed by atoms with Crippen molar-refractivity contribution in [2.45, 2.75) is 38.6 Å². The Kier molecular flexibility index (Phi) is 3.28. The third-order valence-electron chi connectivity index (χ3n) is 3.66. The highest BCUT2D eigenvalue weighted by molar-refractivity contribution is 5.88. The first-order valence-electron chi connectivity index (χ1n) is 6.26. The average Bonchev–Trinajstić information content (AvgIpc) is 2.59. The lowest BCUT2D eigenvalue weighted by atomic mass is 9.94. The molecule has 98 valence electrons. The number of hydrogen-bond acceptors (Lipinski definition) is 2. The molecule has 0 bridgehead atoms. The van der Waals surface area contributed by atoms with Gasteiger partial charge in [0.15, 0.2) is 0 Å². The molecule has 0 spiro atoms. The molecule has 1 aromatic carbocycles. The number of rotatable bonds is 3. The number of amides is 1. The normalized spacial score (nSPS) is 27.2. The van der Waals surface area contributed by atoms with Gasteiger partial charge in [0.05, 0.1) is 0 Å². The van der Waals surface area contributed by atoms with Crippen LogP contribution in [0.5, 0.6) is 0 Å². The minimum atomic E-state index is -0.723. The van der Waals surface area contributed by atoms with E-state index in [-0.39, 0.29) is 11.7 Å². The number of carbonyl (C=O) groups excluding carboxylic acids is 1. The molecule has 2 atom stereocenters. The fourth-order valence-electron chi connectivity index (χ4n) is 2.78. The molecule has 3 N–H and O–H groups in total. The predicted molar refractivity (Wildman–Crippen MR) is 69.7 cm³/mol. The van der Waals surface area contributed by atoms with E-state index >= 15 is 0 Å². The van der Waals surface area contributed by atoms with E-state index in [9.17, 15) is 9.18 Å². The fourth-order valence-corrected chi connectivity index (χ4v) is 2.78. The molecule has 1 fully saturated rings. The molecule has 1 amide bonds. The smallest absolute Gasteiger partial charge is 0.243 e. The van der Waals surface area contributed by atoms with Crippen LogP contribution in [0, 0.1) is 18.7 Å². The highest BCUT2D eigenvalue weighted by atomic mass is 19.1. The van der Waals surface area contributed by atoms with Crippen LogP contribution in [-0.2, 0) is 4.79 Å². The Morgan fingerprint density at radius 1 is 1.50 bits per heavy atom. The van der Waals surface area contributed by atoms with Crippen molar-refractivity contribution in [3.05, 3.63) is 29.6 Å². The third kappa shape index (κ3) is 2.47. The van der Waals surface area contributed by atoms with Crippen LogP contribution in [0.4, 0.5) is 10.1 Å². The van der Waals surface area contributed by atoms with Crippen LogP contribution in [0.2, 0.25) is 0 Å². The molecule has 1 aromatic rings. The zero-order valence-corrected chi connectivity index (χ0v) is 10.8. The van der Waals surface area contributed by atoms with Crippen molar-refractivity contribution < 1.29 is 9.18 Å². The van der Waals surface area contributed by atoms with Crippen molar-refractivity contribution >= 4 is 11.6 Å². The van der Waals surface area contributed by atoms with E-state index in [1.165, 1.54) is 12.1 Å². The second-order valence-electron chi connectivity index (χ2n) is 5.44. The lowest BCUT2D eigenvalue weighted by Crippen LogP contribution is -2.48. The van der Waals surface area contributed by atoms with Crippen molar-refractivity contribution in [1.82, 2.24) is 0 Å². The second-order valence-corrected chi connectivity index (χ2v) is 5.44. The maximum atomic E-state index is 13.3. The molecule has 2 rings (SSSR count). The van der Waals surface area contributed by atoms with Gasteiger partial charge in [-0.25, -0.2) is 4.39 Å². The fraction of sp³-hybridized carbons (Fsp3) is 0.500. The molecule has 3 nitrogen and oxygen atoms in total. The first kappa shape index (κ1) is 12.9. The van der Waals surface area contributed by atoms with Crippen LogP contribution in [0.3, 0.4) is 0 Å². The number of primary amides is 1. The number of carbonyl (C=O) groups is 1. The number of nitrogens with two attached hydrogens (primary N) is 1. The summed E-state index contributed by atoms with van der Waals surface area (Å²) in [5.41, 5.74) is 6.25. The molecular formula is C14H19FN2O. The first-order chi connectivity index (χ1) is 8.41. The number of benzene rings is 1. The molecule has 4 heteroatoms. The summed E-state index contributed by atoms with van der Waals surface area (Å²) in [5.74, 6) is -0.198. The first-order valence-corrected chi connectivity index (χ1v) is 6.26. The van der Waals surface area contributed by atoms with Gasteiger partial charge >= 0.3 is 0 Å². The minimum absolute atomic E-state index is 0.303. The van der Waals surface area contributed by atoms with Gasteiger partial charge in [0.1, 0.15) is 11.4 Å². The van der Waals surface area contributed by atoms with Gasteiger partial charge in [-0.1, -0.05) is 6.92 Å². The van der Waals surface area contributed by atoms with Gasteiger partial charge in [-0.15, -0.1) is 0 Å². The molecule has 1 aliphatic carbocycles. The Bertz CT molecular complexity index is 455. The Balaban J connectivity index is 2.27. The Labute approximate surface area is 107 Å². The van der Waals surface area contributed by atoms with Crippen LogP contribution in [-0.4, -0.2) is 11.4 Å². The highest BCUT2D eigenvalue weighted by Crippen LogP contribution is 2.37. The maximum Gasteiger partial charge on any atom is 0.243 e. The van der Waals surface area contributed by atoms with Crippen LogP contribution in [0.1, 0.15) is 31.7 Å². The summed E-state index contributed by atoms with van der Waals surface area (Å²) in [4.78, 5) is 11.7. The van der Waals surface area contributed by atoms with E-state index in [1.807, 2.05) is 13.0 Å². The molecule has 18 heavy (non-hydrogen) atoms. The topological polar surface area (TPSA) is 55.1 Å². The van der Waals surface area contributed by atoms with E-state index in [1.54, 1.807) is 0 Å². The van der Waals surface area contributed by atoms with Gasteiger partial charge in [0.2, 0.25) is 5.91 Å². The summed E-state index contributed by atoms with van der Waals surface area (Å²) < 4.78 is 13.3. The van der Waals surface area contributed by atoms with Gasteiger partial charge in [0.25, 0.3) is 0 Å². The summed E-state index contributed by atoms with van der Waals surface area (Å²) in [6, 6.07) is 4.69. The quantitative estimate of drug-likeness (QED) is 0.866. The molecule has 2 unspecified atom stereocenters. The van der Waals surface area contributed by atoms with Crippen molar-refractivity contribution in [3.63, 3.8) is 0 Å². The number of anilines is 1. The Morgan fingerprint density at radius 2 is 2.22 bits per heavy atom. The van der Waals surface area contributed by atoms with Crippen LogP contribution in [0.15, 0.2) is 18.2 Å². The van der Waals surface area contributed by atoms with Gasteiger partial charge in [-0.3, -0.25) is 4.79 Å². The van der Waals surface area contributed by atoms with Crippen LogP contribution in [0.25, 0.3) is 0 Å². The molecule has 0 heterocycles. The molecule has 0 aromatic heterocycles. The Morgan fingerprint density at radius 3 is 2.72 bits per heavy atom. The number of hydrogen-bond donors (Lipinski definition) is 2. The SMILES string of the molecule is Cc1cc(F)cc(NC2(C(N)=O)CCC(C)C2)c1. The molecule has 1 saturated carbocycles. The summed E-state index contributed by atoms with van der Waals surface area (Å²) >= 11 is 0. The molecule has 0 radical (unpaired) electrons. The molecule has 1 aliphatic rings. The summed E-state index contributed by atoms with van der Waals surface area (Å²) in [6.45, 7) is 3.92. The van der Waals surface area contributed by atoms with E-state index in [4.69, 9.17) is 5.73 Å². The lowest BCUT2D eigenvalue weighted by Gasteiger charge is -2.28.